The maximum Gasteiger partial charge on any atom is 0.272 e. The largest absolute Gasteiger partial charge is 0.481 e. The zero-order valence-electron chi connectivity index (χ0n) is 22.5. The van der Waals surface area contributed by atoms with Gasteiger partial charge in [-0.15, -0.1) is 0 Å². The van der Waals surface area contributed by atoms with E-state index >= 15 is 0 Å². The van der Waals surface area contributed by atoms with E-state index in [1.54, 1.807) is 6.07 Å². The summed E-state index contributed by atoms with van der Waals surface area (Å²) in [6.07, 6.45) is 8.86. The topological polar surface area (TPSA) is 129 Å². The standard InChI is InChI=1S/C28H37FN6O4/c1-16-7-8-18(5-3-4-6-25(36)31-16)32-27(37)17-11-19-9-10-20(12-17)35(19)28(38)24-14-23(33-34-24)21-13-26(39-2)30-15-22(21)29/h13-20H,3-12H2,1-2H3,(H,31,36)(H,32,37)(H,33,34)/t16-,17?,18+,19-,20+/m1/s1. The fourth-order valence-electron chi connectivity index (χ4n) is 6.31. The van der Waals surface area contributed by atoms with Crippen molar-refractivity contribution in [1.82, 2.24) is 30.7 Å². The number of ether oxygens (including phenoxy) is 1. The molecule has 3 N–H and O–H groups in total. The molecule has 3 aliphatic heterocycles. The normalized spacial score (nSPS) is 27.5. The van der Waals surface area contributed by atoms with Gasteiger partial charge in [-0.2, -0.15) is 5.10 Å². The first kappa shape index (κ1) is 27.1. The molecule has 0 radical (unpaired) electrons. The van der Waals surface area contributed by atoms with Gasteiger partial charge in [0.2, 0.25) is 17.7 Å². The molecular weight excluding hydrogens is 503 g/mol. The van der Waals surface area contributed by atoms with E-state index in [-0.39, 0.29) is 59.3 Å². The van der Waals surface area contributed by atoms with Gasteiger partial charge in [0.05, 0.1) is 19.0 Å². The summed E-state index contributed by atoms with van der Waals surface area (Å²) in [5.74, 6) is -0.420. The Balaban J connectivity index is 1.21. The van der Waals surface area contributed by atoms with E-state index in [9.17, 15) is 18.8 Å². The molecule has 0 spiro atoms. The molecule has 3 aliphatic rings. The number of halogens is 1. The van der Waals surface area contributed by atoms with Crippen molar-refractivity contribution >= 4 is 17.7 Å². The summed E-state index contributed by atoms with van der Waals surface area (Å²) in [5, 5.41) is 13.3. The van der Waals surface area contributed by atoms with Crippen molar-refractivity contribution in [2.24, 2.45) is 5.92 Å². The molecule has 1 unspecified atom stereocenters. The Hall–Kier alpha value is -3.50. The van der Waals surface area contributed by atoms with Crippen LogP contribution in [-0.4, -0.2) is 69.1 Å². The lowest BCUT2D eigenvalue weighted by atomic mass is 9.89. The van der Waals surface area contributed by atoms with Crippen LogP contribution < -0.4 is 15.4 Å². The third-order valence-electron chi connectivity index (χ3n) is 8.37. The second kappa shape index (κ2) is 11.7. The molecule has 2 bridgehead atoms. The molecule has 3 saturated heterocycles. The van der Waals surface area contributed by atoms with Gasteiger partial charge in [0.1, 0.15) is 5.69 Å². The molecule has 5 heterocycles. The maximum atomic E-state index is 14.4. The van der Waals surface area contributed by atoms with Gasteiger partial charge in [0.15, 0.2) is 5.82 Å². The van der Waals surface area contributed by atoms with Crippen LogP contribution in [0.1, 0.15) is 81.6 Å². The highest BCUT2D eigenvalue weighted by Gasteiger charge is 2.46. The number of aromatic nitrogens is 3. The monoisotopic (exact) mass is 540 g/mol. The number of rotatable bonds is 5. The van der Waals surface area contributed by atoms with Crippen LogP contribution in [0.3, 0.4) is 0 Å². The fraction of sp³-hybridized carbons (Fsp3) is 0.607. The summed E-state index contributed by atoms with van der Waals surface area (Å²) in [6.45, 7) is 2.01. The Morgan fingerprint density at radius 3 is 2.62 bits per heavy atom. The lowest BCUT2D eigenvalue weighted by molar-refractivity contribution is -0.128. The molecule has 10 nitrogen and oxygen atoms in total. The average Bonchev–Trinajstić information content (AvgIpc) is 3.51. The number of H-pyrrole nitrogens is 1. The number of amides is 3. The van der Waals surface area contributed by atoms with Gasteiger partial charge in [-0.1, -0.05) is 6.42 Å². The van der Waals surface area contributed by atoms with Crippen molar-refractivity contribution < 1.29 is 23.5 Å². The second-order valence-electron chi connectivity index (χ2n) is 11.1. The van der Waals surface area contributed by atoms with E-state index < -0.39 is 5.82 Å². The summed E-state index contributed by atoms with van der Waals surface area (Å²) >= 11 is 0. The van der Waals surface area contributed by atoms with E-state index in [1.807, 2.05) is 11.8 Å². The molecule has 0 aliphatic carbocycles. The highest BCUT2D eigenvalue weighted by Crippen LogP contribution is 2.40. The van der Waals surface area contributed by atoms with Crippen LogP contribution in [0.15, 0.2) is 18.3 Å². The SMILES string of the molecule is COc1cc(-c2cc(C(=O)N3[C@@H]4CC[C@H]3CC(C(=O)N[C@H]3CCCCC(=O)N[C@H](C)CC3)C4)[nH]n2)c(F)cn1. The molecule has 3 amide bonds. The number of pyridine rings is 1. The van der Waals surface area contributed by atoms with Crippen molar-refractivity contribution in [3.05, 3.63) is 29.8 Å². The predicted octanol–water partition coefficient (Wildman–Crippen LogP) is 3.35. The van der Waals surface area contributed by atoms with Crippen molar-refractivity contribution in [3.63, 3.8) is 0 Å². The van der Waals surface area contributed by atoms with Crippen LogP contribution in [0.25, 0.3) is 11.3 Å². The molecule has 11 heteroatoms. The van der Waals surface area contributed by atoms with Gasteiger partial charge >= 0.3 is 0 Å². The molecule has 2 aromatic rings. The lowest BCUT2D eigenvalue weighted by Gasteiger charge is -2.38. The Morgan fingerprint density at radius 2 is 1.87 bits per heavy atom. The first-order chi connectivity index (χ1) is 18.8. The average molecular weight is 541 g/mol. The first-order valence-electron chi connectivity index (χ1n) is 14.0. The number of hydrogen-bond donors (Lipinski definition) is 3. The zero-order valence-corrected chi connectivity index (χ0v) is 22.5. The summed E-state index contributed by atoms with van der Waals surface area (Å²) < 4.78 is 19.5. The van der Waals surface area contributed by atoms with Gasteiger partial charge < -0.3 is 20.3 Å². The number of hydrogen-bond acceptors (Lipinski definition) is 6. The van der Waals surface area contributed by atoms with E-state index in [0.717, 1.165) is 51.1 Å². The van der Waals surface area contributed by atoms with Crippen LogP contribution in [0, 0.1) is 11.7 Å². The maximum absolute atomic E-state index is 14.4. The highest BCUT2D eigenvalue weighted by atomic mass is 19.1. The van der Waals surface area contributed by atoms with Crippen LogP contribution in [0.4, 0.5) is 4.39 Å². The Bertz CT molecular complexity index is 1200. The Labute approximate surface area is 227 Å². The van der Waals surface area contributed by atoms with Crippen molar-refractivity contribution in [3.8, 4) is 17.1 Å². The lowest BCUT2D eigenvalue weighted by Crippen LogP contribution is -2.50. The van der Waals surface area contributed by atoms with Gasteiger partial charge in [0, 0.05) is 48.1 Å². The number of fused-ring (bicyclic) bond motifs is 2. The summed E-state index contributed by atoms with van der Waals surface area (Å²) in [6, 6.07) is 3.17. The van der Waals surface area contributed by atoms with Crippen molar-refractivity contribution in [1.29, 1.82) is 0 Å². The molecule has 2 aromatic heterocycles. The first-order valence-corrected chi connectivity index (χ1v) is 14.0. The molecule has 0 saturated carbocycles. The van der Waals surface area contributed by atoms with Crippen LogP contribution in [-0.2, 0) is 9.59 Å². The molecule has 5 atom stereocenters. The minimum atomic E-state index is -0.553. The van der Waals surface area contributed by atoms with Crippen molar-refractivity contribution in [2.45, 2.75) is 95.3 Å². The summed E-state index contributed by atoms with van der Waals surface area (Å²) in [5.41, 5.74) is 0.799. The molecule has 39 heavy (non-hydrogen) atoms. The van der Waals surface area contributed by atoms with Crippen LogP contribution in [0.5, 0.6) is 5.88 Å². The molecule has 5 rings (SSSR count). The smallest absolute Gasteiger partial charge is 0.272 e. The zero-order chi connectivity index (χ0) is 27.5. The Morgan fingerprint density at radius 1 is 1.10 bits per heavy atom. The minimum absolute atomic E-state index is 0.0178. The molecule has 0 aromatic carbocycles. The van der Waals surface area contributed by atoms with Gasteiger partial charge in [-0.25, -0.2) is 9.37 Å². The summed E-state index contributed by atoms with van der Waals surface area (Å²) in [4.78, 5) is 44.4. The van der Waals surface area contributed by atoms with Gasteiger partial charge in [-0.3, -0.25) is 19.5 Å². The number of aromatic amines is 1. The number of carbonyl (C=O) groups is 3. The van der Waals surface area contributed by atoms with E-state index in [2.05, 4.69) is 25.8 Å². The van der Waals surface area contributed by atoms with Crippen molar-refractivity contribution in [2.75, 3.05) is 7.11 Å². The van der Waals surface area contributed by atoms with Crippen LogP contribution >= 0.6 is 0 Å². The molecule has 3 fully saturated rings. The van der Waals surface area contributed by atoms with E-state index in [0.29, 0.717) is 30.7 Å². The van der Waals surface area contributed by atoms with E-state index in [4.69, 9.17) is 4.74 Å². The molecule has 210 valence electrons. The number of piperidine rings is 1. The number of nitrogens with zero attached hydrogens (tertiary/aromatic N) is 3. The Kier molecular flexibility index (Phi) is 8.13. The number of methoxy groups -OCH3 is 1. The number of nitrogens with one attached hydrogen (secondary N) is 3. The fourth-order valence-corrected chi connectivity index (χ4v) is 6.31. The van der Waals surface area contributed by atoms with E-state index in [1.165, 1.54) is 13.2 Å². The molecular formula is C28H37FN6O4. The number of carbonyl (C=O) groups excluding carboxylic acids is 3. The second-order valence-corrected chi connectivity index (χ2v) is 11.1. The summed E-state index contributed by atoms with van der Waals surface area (Å²) in [7, 11) is 1.45. The van der Waals surface area contributed by atoms with Gasteiger partial charge in [-0.05, 0) is 64.4 Å². The quantitative estimate of drug-likeness (QED) is 0.534. The van der Waals surface area contributed by atoms with Crippen LogP contribution in [0.2, 0.25) is 0 Å². The van der Waals surface area contributed by atoms with Gasteiger partial charge in [0.25, 0.3) is 5.91 Å². The minimum Gasteiger partial charge on any atom is -0.481 e. The predicted molar refractivity (Wildman–Crippen MR) is 141 cm³/mol. The third-order valence-corrected chi connectivity index (χ3v) is 8.37. The third kappa shape index (κ3) is 6.07. The highest BCUT2D eigenvalue weighted by molar-refractivity contribution is 5.94.